The van der Waals surface area contributed by atoms with E-state index in [2.05, 4.69) is 20.9 Å². The summed E-state index contributed by atoms with van der Waals surface area (Å²) in [5, 5.41) is 9.71. The summed E-state index contributed by atoms with van der Waals surface area (Å²) in [5.41, 5.74) is 2.05. The van der Waals surface area contributed by atoms with Crippen LogP contribution in [0.15, 0.2) is 16.3 Å². The molecule has 0 radical (unpaired) electrons. The molecule has 5 nitrogen and oxygen atoms in total. The number of hydrogen-bond acceptors (Lipinski definition) is 4. The fourth-order valence-corrected chi connectivity index (χ4v) is 5.09. The lowest BCUT2D eigenvalue weighted by atomic mass is 9.97. The van der Waals surface area contributed by atoms with E-state index in [4.69, 9.17) is 0 Å². The van der Waals surface area contributed by atoms with E-state index in [1.165, 1.54) is 11.3 Å². The number of hydrogen-bond donors (Lipinski definition) is 1. The summed E-state index contributed by atoms with van der Waals surface area (Å²) < 4.78 is 0. The molecule has 2 heterocycles. The molecule has 0 aromatic carbocycles. The van der Waals surface area contributed by atoms with E-state index in [-0.39, 0.29) is 40.0 Å². The highest BCUT2D eigenvalue weighted by molar-refractivity contribution is 9.09. The first-order valence-electron chi connectivity index (χ1n) is 7.15. The average molecular weight is 454 g/mol. The van der Waals surface area contributed by atoms with Crippen molar-refractivity contribution in [3.8, 4) is 0 Å². The number of alkyl halides is 1. The predicted octanol–water partition coefficient (Wildman–Crippen LogP) is 2.99. The van der Waals surface area contributed by atoms with Crippen molar-refractivity contribution in [1.29, 1.82) is 0 Å². The summed E-state index contributed by atoms with van der Waals surface area (Å²) in [6, 6.07) is -0.380. The zero-order valence-corrected chi connectivity index (χ0v) is 16.1. The largest absolute Gasteiger partial charge is 0.477 e. The minimum absolute atomic E-state index is 0. The molecule has 0 aromatic heterocycles. The Morgan fingerprint density at radius 3 is 2.64 bits per heavy atom. The number of carbonyl (C=O) groups is 2. The van der Waals surface area contributed by atoms with Crippen LogP contribution in [0.5, 0.6) is 0 Å². The van der Waals surface area contributed by atoms with Gasteiger partial charge in [-0.15, -0.1) is 28.7 Å². The number of aliphatic imine (C=N–C) groups is 1. The van der Waals surface area contributed by atoms with Crippen LogP contribution in [0.2, 0.25) is 0 Å². The molecule has 0 spiro atoms. The van der Waals surface area contributed by atoms with E-state index in [0.29, 0.717) is 11.1 Å². The zero-order chi connectivity index (χ0) is 15.0. The van der Waals surface area contributed by atoms with Gasteiger partial charge in [0.1, 0.15) is 11.1 Å². The van der Waals surface area contributed by atoms with Crippen molar-refractivity contribution in [2.75, 3.05) is 11.1 Å². The molecule has 2 fully saturated rings. The predicted molar refractivity (Wildman–Crippen MR) is 96.2 cm³/mol. The summed E-state index contributed by atoms with van der Waals surface area (Å²) in [7, 11) is 0. The van der Waals surface area contributed by atoms with Gasteiger partial charge in [0.05, 0.1) is 0 Å². The molecule has 1 aliphatic carbocycles. The third-order valence-electron chi connectivity index (χ3n) is 4.14. The van der Waals surface area contributed by atoms with Gasteiger partial charge in [-0.05, 0) is 31.3 Å². The summed E-state index contributed by atoms with van der Waals surface area (Å²) in [6.07, 6.45) is 5.50. The van der Waals surface area contributed by atoms with Crippen molar-refractivity contribution in [2.45, 2.75) is 43.5 Å². The van der Waals surface area contributed by atoms with Gasteiger partial charge in [-0.3, -0.25) is 14.7 Å². The number of β-lactam (4-membered cyclic amide) rings is 1. The number of carboxylic acids is 1. The minimum atomic E-state index is -1.02. The number of aliphatic carboxylic acids is 1. The van der Waals surface area contributed by atoms with Gasteiger partial charge in [0.15, 0.2) is 6.04 Å². The quantitative estimate of drug-likeness (QED) is 0.526. The van der Waals surface area contributed by atoms with Gasteiger partial charge in [0.2, 0.25) is 0 Å². The molecule has 0 unspecified atom stereocenters. The Labute approximate surface area is 152 Å². The minimum Gasteiger partial charge on any atom is -0.477 e. The highest BCUT2D eigenvalue weighted by atomic mass is 79.9. The molecular formula is C14H18Br2N2O3S. The number of amides is 1. The smallest absolute Gasteiger partial charge is 0.352 e. The van der Waals surface area contributed by atoms with E-state index in [1.807, 2.05) is 0 Å². The first-order valence-corrected chi connectivity index (χ1v) is 9.32. The van der Waals surface area contributed by atoms with Crippen LogP contribution in [0, 0.1) is 0 Å². The standard InChI is InChI=1S/C14H17BrN2O3S.BrH/c15-6-8-7-21-13-10(16-9-4-2-1-3-5-9)12(18)17(13)11(8)14(19)20;/h10,13H,1-7H2,(H,19,20);1H/t10-,13+;/m1./s1. The van der Waals surface area contributed by atoms with Crippen LogP contribution in [0.25, 0.3) is 0 Å². The molecule has 2 atom stereocenters. The molecule has 0 bridgehead atoms. The Morgan fingerprint density at radius 2 is 2.05 bits per heavy atom. The van der Waals surface area contributed by atoms with Crippen LogP contribution in [-0.2, 0) is 9.59 Å². The van der Waals surface area contributed by atoms with E-state index < -0.39 is 5.97 Å². The maximum atomic E-state index is 12.3. The Balaban J connectivity index is 0.00000176. The molecule has 8 heteroatoms. The van der Waals surface area contributed by atoms with Gasteiger partial charge in [-0.2, -0.15) is 0 Å². The molecule has 1 saturated carbocycles. The Kier molecular flexibility index (Phi) is 6.13. The average Bonchev–Trinajstić information content (AvgIpc) is 2.51. The lowest BCUT2D eigenvalue weighted by Crippen LogP contribution is -2.64. The second kappa shape index (κ2) is 7.49. The molecule has 22 heavy (non-hydrogen) atoms. The second-order valence-corrected chi connectivity index (χ2v) is 7.17. The maximum Gasteiger partial charge on any atom is 0.352 e. The van der Waals surface area contributed by atoms with E-state index in [9.17, 15) is 14.7 Å². The molecular weight excluding hydrogens is 436 g/mol. The first-order chi connectivity index (χ1) is 10.1. The molecule has 1 saturated heterocycles. The summed E-state index contributed by atoms with van der Waals surface area (Å²) in [4.78, 5) is 29.8. The summed E-state index contributed by atoms with van der Waals surface area (Å²) >= 11 is 4.92. The Morgan fingerprint density at radius 1 is 1.36 bits per heavy atom. The van der Waals surface area contributed by atoms with Gasteiger partial charge in [0.25, 0.3) is 5.91 Å². The molecule has 3 rings (SSSR count). The second-order valence-electron chi connectivity index (χ2n) is 5.50. The molecule has 3 aliphatic rings. The van der Waals surface area contributed by atoms with Crippen molar-refractivity contribution in [2.24, 2.45) is 4.99 Å². The number of thioether (sulfide) groups is 1. The fraction of sp³-hybridized carbons (Fsp3) is 0.643. The number of rotatable bonds is 3. The normalized spacial score (nSPS) is 27.8. The van der Waals surface area contributed by atoms with Crippen molar-refractivity contribution in [3.63, 3.8) is 0 Å². The lowest BCUT2D eigenvalue weighted by Gasteiger charge is -2.48. The molecule has 1 N–H and O–H groups in total. The Bertz CT molecular complexity index is 542. The van der Waals surface area contributed by atoms with Gasteiger partial charge in [0, 0.05) is 16.8 Å². The van der Waals surface area contributed by atoms with Gasteiger partial charge < -0.3 is 5.11 Å². The van der Waals surface area contributed by atoms with Crippen LogP contribution in [0.1, 0.15) is 32.1 Å². The molecule has 122 valence electrons. The number of nitrogens with zero attached hydrogens (tertiary/aromatic N) is 2. The third-order valence-corrected chi connectivity index (χ3v) is 6.14. The van der Waals surface area contributed by atoms with Crippen LogP contribution in [0.3, 0.4) is 0 Å². The maximum absolute atomic E-state index is 12.3. The summed E-state index contributed by atoms with van der Waals surface area (Å²) in [5.74, 6) is -0.545. The van der Waals surface area contributed by atoms with Crippen molar-refractivity contribution in [1.82, 2.24) is 4.90 Å². The fourth-order valence-electron chi connectivity index (χ4n) is 3.04. The van der Waals surface area contributed by atoms with E-state index >= 15 is 0 Å². The molecule has 1 amide bonds. The topological polar surface area (TPSA) is 70.0 Å². The van der Waals surface area contributed by atoms with Gasteiger partial charge in [-0.25, -0.2) is 4.79 Å². The molecule has 2 aliphatic heterocycles. The highest BCUT2D eigenvalue weighted by Gasteiger charge is 2.53. The summed E-state index contributed by atoms with van der Waals surface area (Å²) in [6.45, 7) is 0. The zero-order valence-electron chi connectivity index (χ0n) is 12.0. The van der Waals surface area contributed by atoms with Gasteiger partial charge >= 0.3 is 5.97 Å². The first kappa shape index (κ1) is 18.0. The van der Waals surface area contributed by atoms with Crippen LogP contribution in [-0.4, -0.2) is 50.1 Å². The van der Waals surface area contributed by atoms with E-state index in [1.54, 1.807) is 11.8 Å². The van der Waals surface area contributed by atoms with Crippen LogP contribution >= 0.6 is 44.7 Å². The van der Waals surface area contributed by atoms with Crippen molar-refractivity contribution < 1.29 is 14.7 Å². The van der Waals surface area contributed by atoms with Crippen molar-refractivity contribution in [3.05, 3.63) is 11.3 Å². The van der Waals surface area contributed by atoms with E-state index in [0.717, 1.165) is 37.0 Å². The van der Waals surface area contributed by atoms with Crippen LogP contribution < -0.4 is 0 Å². The van der Waals surface area contributed by atoms with Crippen molar-refractivity contribution >= 4 is 62.3 Å². The lowest BCUT2D eigenvalue weighted by molar-refractivity contribution is -0.147. The monoisotopic (exact) mass is 452 g/mol. The highest BCUT2D eigenvalue weighted by Crippen LogP contribution is 2.42. The van der Waals surface area contributed by atoms with Gasteiger partial charge in [-0.1, -0.05) is 22.4 Å². The Hall–Kier alpha value is -0.340. The third kappa shape index (κ3) is 3.14. The van der Waals surface area contributed by atoms with Crippen LogP contribution in [0.4, 0.5) is 0 Å². The number of carboxylic acid groups (broad SMARTS) is 1. The number of halogens is 2. The SMILES string of the molecule is Br.O=C(O)C1=C(CBr)CS[C@H]2[C@H](N=C3CCCCC3)C(=O)N12. The number of fused-ring (bicyclic) bond motifs is 1. The molecule has 0 aromatic rings. The number of carbonyl (C=O) groups excluding carboxylic acids is 1.